The zero-order valence-electron chi connectivity index (χ0n) is 11.9. The number of carbonyl (C=O) groups excluding carboxylic acids is 1. The molecular weight excluding hydrogens is 266 g/mol. The third kappa shape index (κ3) is 2.63. The van der Waals surface area contributed by atoms with Gasteiger partial charge in [0.25, 0.3) is 5.91 Å². The van der Waals surface area contributed by atoms with Crippen molar-refractivity contribution in [3.8, 4) is 0 Å². The summed E-state index contributed by atoms with van der Waals surface area (Å²) in [7, 11) is 0. The second-order valence-electron chi connectivity index (χ2n) is 4.90. The monoisotopic (exact) mass is 281 g/mol. The van der Waals surface area contributed by atoms with Gasteiger partial charge in [-0.05, 0) is 38.1 Å². The summed E-state index contributed by atoms with van der Waals surface area (Å²) >= 11 is 0. The molecule has 2 aromatic heterocycles. The van der Waals surface area contributed by atoms with Crippen molar-refractivity contribution in [2.45, 2.75) is 20.4 Å². The maximum Gasteiger partial charge on any atom is 0.251 e. The summed E-state index contributed by atoms with van der Waals surface area (Å²) in [5.41, 5.74) is 3.21. The zero-order valence-corrected chi connectivity index (χ0v) is 11.9. The van der Waals surface area contributed by atoms with Crippen molar-refractivity contribution in [1.29, 1.82) is 0 Å². The van der Waals surface area contributed by atoms with E-state index in [9.17, 15) is 4.79 Å². The van der Waals surface area contributed by atoms with Crippen molar-refractivity contribution in [1.82, 2.24) is 15.5 Å². The van der Waals surface area contributed by atoms with E-state index in [1.165, 1.54) is 0 Å². The van der Waals surface area contributed by atoms with Gasteiger partial charge < -0.3 is 9.84 Å². The Morgan fingerprint density at radius 3 is 2.90 bits per heavy atom. The fourth-order valence-electron chi connectivity index (χ4n) is 2.24. The van der Waals surface area contributed by atoms with Crippen molar-refractivity contribution in [3.63, 3.8) is 0 Å². The summed E-state index contributed by atoms with van der Waals surface area (Å²) in [6, 6.07) is 9.25. The van der Waals surface area contributed by atoms with Crippen molar-refractivity contribution >= 4 is 16.8 Å². The first kappa shape index (κ1) is 13.3. The van der Waals surface area contributed by atoms with Gasteiger partial charge in [-0.3, -0.25) is 9.78 Å². The van der Waals surface area contributed by atoms with Crippen molar-refractivity contribution in [2.75, 3.05) is 0 Å². The first-order valence-electron chi connectivity index (χ1n) is 6.70. The number of aromatic nitrogens is 2. The van der Waals surface area contributed by atoms with Gasteiger partial charge in [-0.1, -0.05) is 11.2 Å². The topological polar surface area (TPSA) is 68.0 Å². The third-order valence-corrected chi connectivity index (χ3v) is 3.47. The van der Waals surface area contributed by atoms with Gasteiger partial charge >= 0.3 is 0 Å². The number of rotatable bonds is 3. The van der Waals surface area contributed by atoms with E-state index in [1.54, 1.807) is 12.3 Å². The number of nitrogens with one attached hydrogen (secondary N) is 1. The highest BCUT2D eigenvalue weighted by atomic mass is 16.5. The lowest BCUT2D eigenvalue weighted by Crippen LogP contribution is -2.23. The summed E-state index contributed by atoms with van der Waals surface area (Å²) < 4.78 is 5.08. The van der Waals surface area contributed by atoms with Gasteiger partial charge in [0.1, 0.15) is 5.76 Å². The van der Waals surface area contributed by atoms with Crippen LogP contribution < -0.4 is 5.32 Å². The molecule has 1 aromatic carbocycles. The number of nitrogens with zero attached hydrogens (tertiary/aromatic N) is 2. The summed E-state index contributed by atoms with van der Waals surface area (Å²) in [6.45, 7) is 4.11. The maximum absolute atomic E-state index is 12.2. The lowest BCUT2D eigenvalue weighted by molar-refractivity contribution is 0.0951. The molecule has 1 N–H and O–H groups in total. The standard InChI is InChI=1S/C16H15N3O2/c1-10-14(11(2)21-19-10)9-18-16(20)13-5-6-15-12(8-13)4-3-7-17-15/h3-8H,9H2,1-2H3,(H,18,20). The molecule has 0 fully saturated rings. The molecule has 3 aromatic rings. The number of aryl methyl sites for hydroxylation is 2. The molecule has 0 atom stereocenters. The average Bonchev–Trinajstić information content (AvgIpc) is 2.83. The number of carbonyl (C=O) groups is 1. The van der Waals surface area contributed by atoms with E-state index >= 15 is 0 Å². The summed E-state index contributed by atoms with van der Waals surface area (Å²) in [5.74, 6) is 0.608. The summed E-state index contributed by atoms with van der Waals surface area (Å²) in [6.07, 6.45) is 1.74. The lowest BCUT2D eigenvalue weighted by atomic mass is 10.1. The number of pyridine rings is 1. The van der Waals surface area contributed by atoms with Crippen LogP contribution in [-0.2, 0) is 6.54 Å². The van der Waals surface area contributed by atoms with E-state index in [1.807, 2.05) is 38.1 Å². The molecule has 0 saturated carbocycles. The molecular formula is C16H15N3O2. The molecule has 5 nitrogen and oxygen atoms in total. The molecule has 21 heavy (non-hydrogen) atoms. The van der Waals surface area contributed by atoms with Crippen LogP contribution in [0.3, 0.4) is 0 Å². The Bertz CT molecular complexity index is 789. The first-order valence-corrected chi connectivity index (χ1v) is 6.70. The molecule has 0 unspecified atom stereocenters. The van der Waals surface area contributed by atoms with Crippen molar-refractivity contribution in [3.05, 3.63) is 59.1 Å². The van der Waals surface area contributed by atoms with E-state index < -0.39 is 0 Å². The normalized spacial score (nSPS) is 10.8. The van der Waals surface area contributed by atoms with E-state index in [2.05, 4.69) is 15.5 Å². The SMILES string of the molecule is Cc1noc(C)c1CNC(=O)c1ccc2ncccc2c1. The molecule has 0 bridgehead atoms. The van der Waals surface area contributed by atoms with Crippen LogP contribution in [0.1, 0.15) is 27.4 Å². The zero-order chi connectivity index (χ0) is 14.8. The summed E-state index contributed by atoms with van der Waals surface area (Å²) in [5, 5.41) is 7.71. The highest BCUT2D eigenvalue weighted by molar-refractivity contribution is 5.97. The van der Waals surface area contributed by atoms with Crippen LogP contribution in [0, 0.1) is 13.8 Å². The van der Waals surface area contributed by atoms with Crippen LogP contribution in [0.15, 0.2) is 41.1 Å². The Morgan fingerprint density at radius 2 is 2.14 bits per heavy atom. The van der Waals surface area contributed by atoms with Gasteiger partial charge in [0.15, 0.2) is 0 Å². The molecule has 2 heterocycles. The number of hydrogen-bond acceptors (Lipinski definition) is 4. The largest absolute Gasteiger partial charge is 0.361 e. The quantitative estimate of drug-likeness (QED) is 0.801. The molecule has 0 aliphatic rings. The van der Waals surface area contributed by atoms with Gasteiger partial charge in [-0.2, -0.15) is 0 Å². The smallest absolute Gasteiger partial charge is 0.251 e. The molecule has 0 aliphatic carbocycles. The second kappa shape index (κ2) is 5.36. The van der Waals surface area contributed by atoms with Crippen LogP contribution in [-0.4, -0.2) is 16.0 Å². The molecule has 1 amide bonds. The first-order chi connectivity index (χ1) is 10.1. The lowest BCUT2D eigenvalue weighted by Gasteiger charge is -2.06. The van der Waals surface area contributed by atoms with Crippen LogP contribution in [0.4, 0.5) is 0 Å². The molecule has 0 saturated heterocycles. The predicted octanol–water partition coefficient (Wildman–Crippen LogP) is 2.77. The third-order valence-electron chi connectivity index (χ3n) is 3.47. The van der Waals surface area contributed by atoms with E-state index in [4.69, 9.17) is 4.52 Å². The molecule has 5 heteroatoms. The molecule has 0 radical (unpaired) electrons. The average molecular weight is 281 g/mol. The molecule has 0 spiro atoms. The van der Waals surface area contributed by atoms with Crippen LogP contribution in [0.2, 0.25) is 0 Å². The van der Waals surface area contributed by atoms with Crippen molar-refractivity contribution < 1.29 is 9.32 Å². The number of hydrogen-bond donors (Lipinski definition) is 1. The van der Waals surface area contributed by atoms with Crippen LogP contribution in [0.5, 0.6) is 0 Å². The minimum atomic E-state index is -0.124. The van der Waals surface area contributed by atoms with Crippen LogP contribution >= 0.6 is 0 Å². The van der Waals surface area contributed by atoms with Crippen LogP contribution in [0.25, 0.3) is 10.9 Å². The minimum Gasteiger partial charge on any atom is -0.361 e. The van der Waals surface area contributed by atoms with Gasteiger partial charge in [0.2, 0.25) is 0 Å². The molecule has 106 valence electrons. The number of fused-ring (bicyclic) bond motifs is 1. The Morgan fingerprint density at radius 1 is 1.29 bits per heavy atom. The maximum atomic E-state index is 12.2. The predicted molar refractivity (Wildman–Crippen MR) is 78.9 cm³/mol. The van der Waals surface area contributed by atoms with E-state index in [-0.39, 0.29) is 5.91 Å². The van der Waals surface area contributed by atoms with Gasteiger partial charge in [-0.15, -0.1) is 0 Å². The van der Waals surface area contributed by atoms with E-state index in [0.717, 1.165) is 27.9 Å². The van der Waals surface area contributed by atoms with Gasteiger partial charge in [0, 0.05) is 29.3 Å². The highest BCUT2D eigenvalue weighted by Gasteiger charge is 2.11. The fraction of sp³-hybridized carbons (Fsp3) is 0.188. The van der Waals surface area contributed by atoms with Gasteiger partial charge in [0.05, 0.1) is 11.2 Å². The van der Waals surface area contributed by atoms with Crippen molar-refractivity contribution in [2.24, 2.45) is 0 Å². The number of benzene rings is 1. The Balaban J connectivity index is 1.78. The summed E-state index contributed by atoms with van der Waals surface area (Å²) in [4.78, 5) is 16.5. The minimum absolute atomic E-state index is 0.124. The Kier molecular flexibility index (Phi) is 3.39. The van der Waals surface area contributed by atoms with Gasteiger partial charge in [-0.25, -0.2) is 0 Å². The van der Waals surface area contributed by atoms with E-state index in [0.29, 0.717) is 12.1 Å². The Labute approximate surface area is 122 Å². The second-order valence-corrected chi connectivity index (χ2v) is 4.90. The molecule has 0 aliphatic heterocycles. The fourth-order valence-corrected chi connectivity index (χ4v) is 2.24. The highest BCUT2D eigenvalue weighted by Crippen LogP contribution is 2.14. The Hall–Kier alpha value is -2.69. The number of amides is 1. The molecule has 3 rings (SSSR count).